The van der Waals surface area contributed by atoms with Crippen molar-refractivity contribution in [3.05, 3.63) is 219 Å². The van der Waals surface area contributed by atoms with Gasteiger partial charge >= 0.3 is 0 Å². The van der Waals surface area contributed by atoms with Gasteiger partial charge in [-0.3, -0.25) is 0 Å². The molecule has 0 amide bonds. The first-order valence-electron chi connectivity index (χ1n) is 20.1. The number of allylic oxidation sites excluding steroid dienone is 9. The zero-order valence-electron chi connectivity index (χ0n) is 32.8. The Labute approximate surface area is 332 Å². The Morgan fingerprint density at radius 3 is 2.12 bits per heavy atom. The standard InChI is InChI=1S/C54H45BO/c1-6-16-38-28-27-34(2)52(37(38)5)55(53-36(4)31-35(3)42-19-7-8-21-45(42)53)41-18-15-17-39(32-41)40-29-30-44-43-20-9-10-22-46(43)54(49(44)33-40)47-23-11-13-25-50(47)56-51-26-14-12-24-48(51)54/h6-33,35,42H,1-5H3/b16-6-. The molecule has 6 aromatic carbocycles. The van der Waals surface area contributed by atoms with Gasteiger partial charge in [0.25, 0.3) is 0 Å². The summed E-state index contributed by atoms with van der Waals surface area (Å²) in [5, 5.41) is 0. The van der Waals surface area contributed by atoms with Gasteiger partial charge in [-0.25, -0.2) is 0 Å². The summed E-state index contributed by atoms with van der Waals surface area (Å²) in [7, 11) is 0. The Balaban J connectivity index is 1.20. The van der Waals surface area contributed by atoms with E-state index in [0.29, 0.717) is 11.8 Å². The van der Waals surface area contributed by atoms with E-state index in [4.69, 9.17) is 4.74 Å². The molecule has 2 unspecified atom stereocenters. The molecule has 1 heterocycles. The Kier molecular flexibility index (Phi) is 8.15. The van der Waals surface area contributed by atoms with Crippen molar-refractivity contribution >= 4 is 23.7 Å². The van der Waals surface area contributed by atoms with Gasteiger partial charge in [-0.1, -0.05) is 186 Å². The lowest BCUT2D eigenvalue weighted by molar-refractivity contribution is 0.436. The van der Waals surface area contributed by atoms with Gasteiger partial charge in [0.2, 0.25) is 6.71 Å². The average Bonchev–Trinajstić information content (AvgIpc) is 3.51. The summed E-state index contributed by atoms with van der Waals surface area (Å²) in [6.07, 6.45) is 16.2. The maximum atomic E-state index is 6.62. The van der Waals surface area contributed by atoms with Crippen LogP contribution in [0.1, 0.15) is 59.7 Å². The number of rotatable bonds is 5. The summed E-state index contributed by atoms with van der Waals surface area (Å²) in [6, 6.07) is 47.4. The third-order valence-electron chi connectivity index (χ3n) is 13.0. The highest BCUT2D eigenvalue weighted by atomic mass is 16.5. The first-order chi connectivity index (χ1) is 27.4. The van der Waals surface area contributed by atoms with E-state index in [9.17, 15) is 0 Å². The minimum atomic E-state index is -0.502. The van der Waals surface area contributed by atoms with Crippen LogP contribution in [0, 0.1) is 25.7 Å². The molecule has 0 radical (unpaired) electrons. The summed E-state index contributed by atoms with van der Waals surface area (Å²) in [5.41, 5.74) is 20.4. The van der Waals surface area contributed by atoms with Crippen LogP contribution in [0.3, 0.4) is 0 Å². The van der Waals surface area contributed by atoms with Crippen molar-refractivity contribution in [2.75, 3.05) is 0 Å². The molecule has 56 heavy (non-hydrogen) atoms. The van der Waals surface area contributed by atoms with Crippen LogP contribution in [0.2, 0.25) is 0 Å². The largest absolute Gasteiger partial charge is 0.457 e. The van der Waals surface area contributed by atoms with Gasteiger partial charge in [-0.2, -0.15) is 0 Å². The fourth-order valence-electron chi connectivity index (χ4n) is 10.6. The minimum absolute atomic E-state index is 0.0665. The summed E-state index contributed by atoms with van der Waals surface area (Å²) in [6.45, 7) is 11.5. The molecule has 0 saturated carbocycles. The van der Waals surface area contributed by atoms with Crippen molar-refractivity contribution in [1.82, 2.24) is 0 Å². The van der Waals surface area contributed by atoms with Gasteiger partial charge in [0.15, 0.2) is 0 Å². The highest BCUT2D eigenvalue weighted by Gasteiger charge is 2.51. The number of fused-ring (bicyclic) bond motifs is 10. The molecule has 2 atom stereocenters. The van der Waals surface area contributed by atoms with Crippen LogP contribution in [0.4, 0.5) is 0 Å². The van der Waals surface area contributed by atoms with Crippen LogP contribution in [-0.2, 0) is 5.41 Å². The lowest BCUT2D eigenvalue weighted by atomic mass is 9.32. The number of para-hydroxylation sites is 2. The third-order valence-corrected chi connectivity index (χ3v) is 13.0. The van der Waals surface area contributed by atoms with Crippen molar-refractivity contribution in [1.29, 1.82) is 0 Å². The van der Waals surface area contributed by atoms with Gasteiger partial charge in [0.1, 0.15) is 11.5 Å². The topological polar surface area (TPSA) is 9.23 Å². The zero-order chi connectivity index (χ0) is 38.1. The first-order valence-corrected chi connectivity index (χ1v) is 20.1. The van der Waals surface area contributed by atoms with Crippen LogP contribution in [0.25, 0.3) is 28.3 Å². The van der Waals surface area contributed by atoms with Crippen LogP contribution in [0.5, 0.6) is 11.5 Å². The Hall–Kier alpha value is -6.12. The lowest BCUT2D eigenvalue weighted by Crippen LogP contribution is -2.49. The van der Waals surface area contributed by atoms with Gasteiger partial charge in [-0.05, 0) is 102 Å². The quantitative estimate of drug-likeness (QED) is 0.161. The van der Waals surface area contributed by atoms with E-state index in [1.807, 2.05) is 0 Å². The van der Waals surface area contributed by atoms with Crippen molar-refractivity contribution in [3.8, 4) is 33.8 Å². The molecular weight excluding hydrogens is 675 g/mol. The second-order valence-electron chi connectivity index (χ2n) is 16.1. The number of hydrogen-bond acceptors (Lipinski definition) is 1. The predicted octanol–water partition coefficient (Wildman–Crippen LogP) is 12.3. The minimum Gasteiger partial charge on any atom is -0.457 e. The molecule has 6 aromatic rings. The van der Waals surface area contributed by atoms with Crippen molar-refractivity contribution in [3.63, 3.8) is 0 Å². The average molecular weight is 721 g/mol. The SMILES string of the molecule is C/C=C\c1ccc(C)c(B(C2=C3C=CC=CC3C(C)C=C2C)c2cccc(-c3ccc4c(c3)C3(c5ccccc5Oc5ccccc53)c3ccccc3-4)c2)c1C. The maximum Gasteiger partial charge on any atom is 0.242 e. The van der Waals surface area contributed by atoms with Crippen molar-refractivity contribution in [2.24, 2.45) is 11.8 Å². The molecule has 1 aliphatic heterocycles. The molecule has 0 saturated heterocycles. The van der Waals surface area contributed by atoms with Gasteiger partial charge in [0, 0.05) is 17.0 Å². The molecule has 4 aliphatic rings. The van der Waals surface area contributed by atoms with E-state index in [2.05, 4.69) is 205 Å². The van der Waals surface area contributed by atoms with Gasteiger partial charge in [0.05, 0.1) is 5.41 Å². The Morgan fingerprint density at radius 1 is 0.661 bits per heavy atom. The molecule has 0 fully saturated rings. The van der Waals surface area contributed by atoms with E-state index in [1.54, 1.807) is 0 Å². The molecular formula is C54H45BO. The van der Waals surface area contributed by atoms with E-state index in [-0.39, 0.29) is 6.71 Å². The molecule has 1 spiro atoms. The molecule has 0 N–H and O–H groups in total. The molecule has 10 rings (SSSR count). The molecule has 0 aromatic heterocycles. The van der Waals surface area contributed by atoms with Gasteiger partial charge in [-0.15, -0.1) is 0 Å². The van der Waals surface area contributed by atoms with Crippen LogP contribution >= 0.6 is 0 Å². The van der Waals surface area contributed by atoms with E-state index in [1.165, 1.54) is 88.7 Å². The van der Waals surface area contributed by atoms with Crippen LogP contribution in [0.15, 0.2) is 180 Å². The molecule has 3 aliphatic carbocycles. The Morgan fingerprint density at radius 2 is 1.36 bits per heavy atom. The fourth-order valence-corrected chi connectivity index (χ4v) is 10.6. The van der Waals surface area contributed by atoms with E-state index in [0.717, 1.165) is 11.5 Å². The molecule has 270 valence electrons. The van der Waals surface area contributed by atoms with Crippen LogP contribution < -0.4 is 15.7 Å². The highest BCUT2D eigenvalue weighted by Crippen LogP contribution is 2.62. The van der Waals surface area contributed by atoms with Crippen molar-refractivity contribution < 1.29 is 4.74 Å². The summed E-state index contributed by atoms with van der Waals surface area (Å²) in [5.74, 6) is 2.64. The first kappa shape index (κ1) is 34.4. The molecule has 1 nitrogen and oxygen atoms in total. The zero-order valence-corrected chi connectivity index (χ0v) is 32.8. The van der Waals surface area contributed by atoms with E-state index < -0.39 is 5.41 Å². The second-order valence-corrected chi connectivity index (χ2v) is 16.1. The summed E-state index contributed by atoms with van der Waals surface area (Å²) >= 11 is 0. The van der Waals surface area contributed by atoms with Crippen molar-refractivity contribution in [2.45, 2.75) is 40.0 Å². The molecule has 0 bridgehead atoms. The third kappa shape index (κ3) is 5.01. The lowest BCUT2D eigenvalue weighted by Gasteiger charge is -2.39. The van der Waals surface area contributed by atoms with Crippen LogP contribution in [-0.4, -0.2) is 6.71 Å². The number of ether oxygens (including phenoxy) is 1. The normalized spacial score (nSPS) is 18.2. The predicted molar refractivity (Wildman–Crippen MR) is 237 cm³/mol. The Bertz CT molecular complexity index is 2710. The maximum absolute atomic E-state index is 6.62. The molecule has 2 heteroatoms. The highest BCUT2D eigenvalue weighted by molar-refractivity contribution is 6.92. The fraction of sp³-hybridized carbons (Fsp3) is 0.148. The number of aryl methyl sites for hydroxylation is 1. The number of hydrogen-bond donors (Lipinski definition) is 0. The summed E-state index contributed by atoms with van der Waals surface area (Å²) < 4.78 is 6.62. The smallest absolute Gasteiger partial charge is 0.242 e. The van der Waals surface area contributed by atoms with E-state index >= 15 is 0 Å². The summed E-state index contributed by atoms with van der Waals surface area (Å²) in [4.78, 5) is 0. The monoisotopic (exact) mass is 720 g/mol. The second kappa shape index (κ2) is 13.3. The number of benzene rings is 6. The van der Waals surface area contributed by atoms with Gasteiger partial charge < -0.3 is 4.74 Å².